The monoisotopic (exact) mass is 322 g/mol. The molecule has 6 heteroatoms. The SMILES string of the molecule is O=C(NCCO)c1cncn1C(c1ccccc1)c1ccccn1. The molecule has 0 bridgehead atoms. The molecule has 0 saturated carbocycles. The van der Waals surface area contributed by atoms with Crippen molar-refractivity contribution in [3.05, 3.63) is 84.2 Å². The first-order valence-electron chi connectivity index (χ1n) is 7.68. The van der Waals surface area contributed by atoms with E-state index in [0.29, 0.717) is 5.69 Å². The summed E-state index contributed by atoms with van der Waals surface area (Å²) < 4.78 is 1.80. The third-order valence-electron chi connectivity index (χ3n) is 3.66. The molecular weight excluding hydrogens is 304 g/mol. The number of hydrogen-bond acceptors (Lipinski definition) is 4. The molecule has 2 aromatic heterocycles. The Morgan fingerprint density at radius 3 is 2.67 bits per heavy atom. The first kappa shape index (κ1) is 15.9. The fraction of sp³-hybridized carbons (Fsp3) is 0.167. The molecule has 6 nitrogen and oxygen atoms in total. The Balaban J connectivity index is 2.05. The van der Waals surface area contributed by atoms with Crippen LogP contribution in [0.5, 0.6) is 0 Å². The van der Waals surface area contributed by atoms with E-state index in [1.54, 1.807) is 17.1 Å². The van der Waals surface area contributed by atoms with Crippen LogP contribution in [0, 0.1) is 0 Å². The standard InChI is InChI=1S/C18H18N4O2/c23-11-10-21-18(24)16-12-19-13-22(16)17(14-6-2-1-3-7-14)15-8-4-5-9-20-15/h1-9,12-13,17,23H,10-11H2,(H,21,24). The Kier molecular flexibility index (Phi) is 4.98. The maximum atomic E-state index is 12.3. The Morgan fingerprint density at radius 1 is 1.17 bits per heavy atom. The van der Waals surface area contributed by atoms with Crippen molar-refractivity contribution in [1.82, 2.24) is 19.9 Å². The molecule has 1 unspecified atom stereocenters. The second-order valence-electron chi connectivity index (χ2n) is 5.23. The fourth-order valence-electron chi connectivity index (χ4n) is 2.59. The summed E-state index contributed by atoms with van der Waals surface area (Å²) in [5.74, 6) is -0.279. The summed E-state index contributed by atoms with van der Waals surface area (Å²) in [5, 5.41) is 11.6. The zero-order valence-corrected chi connectivity index (χ0v) is 13.0. The van der Waals surface area contributed by atoms with E-state index in [2.05, 4.69) is 15.3 Å². The molecule has 0 saturated heterocycles. The Bertz CT molecular complexity index is 748. The van der Waals surface area contributed by atoms with Crippen molar-refractivity contribution in [2.75, 3.05) is 13.2 Å². The van der Waals surface area contributed by atoms with Gasteiger partial charge >= 0.3 is 0 Å². The van der Waals surface area contributed by atoms with Crippen molar-refractivity contribution >= 4 is 5.91 Å². The van der Waals surface area contributed by atoms with E-state index in [4.69, 9.17) is 5.11 Å². The predicted molar refractivity (Wildman–Crippen MR) is 89.6 cm³/mol. The van der Waals surface area contributed by atoms with E-state index in [1.807, 2.05) is 48.5 Å². The quantitative estimate of drug-likeness (QED) is 0.723. The number of aliphatic hydroxyl groups is 1. The van der Waals surface area contributed by atoms with Crippen molar-refractivity contribution in [1.29, 1.82) is 0 Å². The lowest BCUT2D eigenvalue weighted by Gasteiger charge is -2.21. The fourth-order valence-corrected chi connectivity index (χ4v) is 2.59. The van der Waals surface area contributed by atoms with Crippen LogP contribution in [0.25, 0.3) is 0 Å². The second kappa shape index (κ2) is 7.52. The molecule has 24 heavy (non-hydrogen) atoms. The molecule has 0 aliphatic rings. The molecule has 3 rings (SSSR count). The lowest BCUT2D eigenvalue weighted by molar-refractivity contribution is 0.0935. The highest BCUT2D eigenvalue weighted by Gasteiger charge is 2.22. The van der Waals surface area contributed by atoms with E-state index in [9.17, 15) is 4.79 Å². The number of carbonyl (C=O) groups is 1. The second-order valence-corrected chi connectivity index (χ2v) is 5.23. The van der Waals surface area contributed by atoms with E-state index >= 15 is 0 Å². The highest BCUT2D eigenvalue weighted by atomic mass is 16.3. The lowest BCUT2D eigenvalue weighted by Crippen LogP contribution is -2.29. The molecule has 3 aromatic rings. The molecule has 0 spiro atoms. The third-order valence-corrected chi connectivity index (χ3v) is 3.66. The van der Waals surface area contributed by atoms with Gasteiger partial charge in [-0.05, 0) is 17.7 Å². The van der Waals surface area contributed by atoms with E-state index in [-0.39, 0.29) is 25.1 Å². The number of aliphatic hydroxyl groups excluding tert-OH is 1. The van der Waals surface area contributed by atoms with E-state index in [1.165, 1.54) is 6.20 Å². The van der Waals surface area contributed by atoms with Gasteiger partial charge in [0.2, 0.25) is 0 Å². The topological polar surface area (TPSA) is 80.0 Å². The van der Waals surface area contributed by atoms with Crippen LogP contribution in [-0.2, 0) is 0 Å². The largest absolute Gasteiger partial charge is 0.395 e. The predicted octanol–water partition coefficient (Wildman–Crippen LogP) is 1.64. The first-order chi connectivity index (χ1) is 11.8. The van der Waals surface area contributed by atoms with Crippen LogP contribution in [-0.4, -0.2) is 38.7 Å². The Morgan fingerprint density at radius 2 is 1.96 bits per heavy atom. The van der Waals surface area contributed by atoms with Gasteiger partial charge in [-0.15, -0.1) is 0 Å². The smallest absolute Gasteiger partial charge is 0.269 e. The third kappa shape index (κ3) is 3.33. The Hall–Kier alpha value is -2.99. The molecule has 0 radical (unpaired) electrons. The zero-order chi connectivity index (χ0) is 16.8. The lowest BCUT2D eigenvalue weighted by atomic mass is 10.0. The molecule has 1 aromatic carbocycles. The zero-order valence-electron chi connectivity index (χ0n) is 13.0. The van der Waals surface area contributed by atoms with Gasteiger partial charge in [0.15, 0.2) is 0 Å². The van der Waals surface area contributed by atoms with Crippen molar-refractivity contribution in [3.8, 4) is 0 Å². The number of benzene rings is 1. The minimum atomic E-state index is -0.279. The maximum absolute atomic E-state index is 12.3. The van der Waals surface area contributed by atoms with Crippen LogP contribution in [0.1, 0.15) is 27.8 Å². The molecule has 0 aliphatic heterocycles. The van der Waals surface area contributed by atoms with Crippen molar-refractivity contribution in [2.45, 2.75) is 6.04 Å². The molecule has 2 heterocycles. The summed E-state index contributed by atoms with van der Waals surface area (Å²) in [5.41, 5.74) is 2.24. The molecular formula is C18H18N4O2. The van der Waals surface area contributed by atoms with Gasteiger partial charge in [0, 0.05) is 12.7 Å². The van der Waals surface area contributed by atoms with Crippen LogP contribution in [0.3, 0.4) is 0 Å². The summed E-state index contributed by atoms with van der Waals surface area (Å²) in [7, 11) is 0. The van der Waals surface area contributed by atoms with Gasteiger partial charge in [0.25, 0.3) is 5.91 Å². The van der Waals surface area contributed by atoms with Crippen LogP contribution in [0.4, 0.5) is 0 Å². The number of aromatic nitrogens is 3. The number of rotatable bonds is 6. The van der Waals surface area contributed by atoms with Crippen LogP contribution >= 0.6 is 0 Å². The van der Waals surface area contributed by atoms with Gasteiger partial charge in [-0.3, -0.25) is 9.78 Å². The van der Waals surface area contributed by atoms with E-state index < -0.39 is 0 Å². The molecule has 122 valence electrons. The minimum Gasteiger partial charge on any atom is -0.395 e. The number of nitrogens with zero attached hydrogens (tertiary/aromatic N) is 3. The van der Waals surface area contributed by atoms with Crippen molar-refractivity contribution in [3.63, 3.8) is 0 Å². The molecule has 0 fully saturated rings. The van der Waals surface area contributed by atoms with Crippen LogP contribution in [0.15, 0.2) is 67.3 Å². The molecule has 0 aliphatic carbocycles. The van der Waals surface area contributed by atoms with Gasteiger partial charge in [0.1, 0.15) is 11.7 Å². The highest BCUT2D eigenvalue weighted by molar-refractivity contribution is 5.92. The van der Waals surface area contributed by atoms with Gasteiger partial charge in [-0.2, -0.15) is 0 Å². The molecule has 1 amide bonds. The highest BCUT2D eigenvalue weighted by Crippen LogP contribution is 2.26. The normalized spacial score (nSPS) is 11.9. The molecule has 1 atom stereocenters. The van der Waals surface area contributed by atoms with Gasteiger partial charge in [0.05, 0.1) is 24.8 Å². The summed E-state index contributed by atoms with van der Waals surface area (Å²) in [4.78, 5) is 20.9. The number of amides is 1. The summed E-state index contributed by atoms with van der Waals surface area (Å²) in [6.45, 7) is 0.0891. The van der Waals surface area contributed by atoms with Crippen molar-refractivity contribution < 1.29 is 9.90 Å². The summed E-state index contributed by atoms with van der Waals surface area (Å²) >= 11 is 0. The average Bonchev–Trinajstić information content (AvgIpc) is 3.11. The number of imidazole rings is 1. The number of pyridine rings is 1. The van der Waals surface area contributed by atoms with Gasteiger partial charge in [-0.1, -0.05) is 36.4 Å². The average molecular weight is 322 g/mol. The number of hydrogen-bond donors (Lipinski definition) is 2. The Labute approximate surface area is 139 Å². The maximum Gasteiger partial charge on any atom is 0.269 e. The number of carbonyl (C=O) groups excluding carboxylic acids is 1. The van der Waals surface area contributed by atoms with Crippen LogP contribution in [0.2, 0.25) is 0 Å². The summed E-state index contributed by atoms with van der Waals surface area (Å²) in [6, 6.07) is 15.3. The first-order valence-corrected chi connectivity index (χ1v) is 7.68. The van der Waals surface area contributed by atoms with Gasteiger partial charge < -0.3 is 15.0 Å². The minimum absolute atomic E-state index is 0.109. The summed E-state index contributed by atoms with van der Waals surface area (Å²) in [6.07, 6.45) is 4.87. The van der Waals surface area contributed by atoms with Crippen molar-refractivity contribution in [2.24, 2.45) is 0 Å². The number of nitrogens with one attached hydrogen (secondary N) is 1. The van der Waals surface area contributed by atoms with Gasteiger partial charge in [-0.25, -0.2) is 4.98 Å². The molecule has 2 N–H and O–H groups in total. The van der Waals surface area contributed by atoms with E-state index in [0.717, 1.165) is 11.3 Å². The van der Waals surface area contributed by atoms with Crippen LogP contribution < -0.4 is 5.32 Å².